The van der Waals surface area contributed by atoms with Gasteiger partial charge in [-0.05, 0) is 20.0 Å². The first-order valence-electron chi connectivity index (χ1n) is 6.52. The second kappa shape index (κ2) is 11.7. The average molecular weight is 250 g/mol. The molecule has 0 bridgehead atoms. The predicted octanol–water partition coefficient (Wildman–Crippen LogP) is 3.53. The Balaban J connectivity index is 3.26. The Bertz CT molecular complexity index is 144. The maximum Gasteiger partial charge on any atom is 0.0696 e. The lowest BCUT2D eigenvalue weighted by Gasteiger charge is -2.19. The van der Waals surface area contributed by atoms with Gasteiger partial charge in [0.2, 0.25) is 0 Å². The molecule has 3 heteroatoms. The van der Waals surface area contributed by atoms with E-state index in [-0.39, 0.29) is 5.38 Å². The molecule has 0 aromatic rings. The Labute approximate surface area is 106 Å². The van der Waals surface area contributed by atoms with E-state index < -0.39 is 0 Å². The third kappa shape index (κ3) is 10.7. The summed E-state index contributed by atoms with van der Waals surface area (Å²) in [6, 6.07) is 0. The molecule has 0 aromatic carbocycles. The number of ether oxygens (including phenoxy) is 1. The smallest absolute Gasteiger partial charge is 0.0696 e. The first kappa shape index (κ1) is 16.2. The highest BCUT2D eigenvalue weighted by atomic mass is 35.5. The van der Waals surface area contributed by atoms with Crippen LogP contribution in [-0.2, 0) is 4.74 Å². The van der Waals surface area contributed by atoms with Crippen LogP contribution in [-0.4, -0.2) is 44.1 Å². The molecule has 0 aliphatic rings. The Hall–Kier alpha value is 0.210. The lowest BCUT2D eigenvalue weighted by molar-refractivity contribution is 0.182. The van der Waals surface area contributed by atoms with Crippen LogP contribution in [0.2, 0.25) is 0 Å². The van der Waals surface area contributed by atoms with Crippen LogP contribution in [0.15, 0.2) is 0 Å². The van der Waals surface area contributed by atoms with Gasteiger partial charge >= 0.3 is 0 Å². The van der Waals surface area contributed by atoms with E-state index in [1.54, 1.807) is 7.11 Å². The van der Waals surface area contributed by atoms with Crippen molar-refractivity contribution in [3.8, 4) is 0 Å². The quantitative estimate of drug-likeness (QED) is 0.410. The van der Waals surface area contributed by atoms with Crippen molar-refractivity contribution in [2.45, 2.75) is 50.8 Å². The van der Waals surface area contributed by atoms with E-state index in [0.717, 1.165) is 13.1 Å². The largest absolute Gasteiger partial charge is 0.383 e. The summed E-state index contributed by atoms with van der Waals surface area (Å²) >= 11 is 6.09. The Kier molecular flexibility index (Phi) is 11.8. The molecule has 0 aliphatic heterocycles. The number of rotatable bonds is 11. The van der Waals surface area contributed by atoms with Crippen LogP contribution < -0.4 is 0 Å². The van der Waals surface area contributed by atoms with E-state index in [2.05, 4.69) is 18.9 Å². The van der Waals surface area contributed by atoms with Crippen molar-refractivity contribution in [3.63, 3.8) is 0 Å². The molecule has 0 N–H and O–H groups in total. The van der Waals surface area contributed by atoms with Crippen molar-refractivity contribution < 1.29 is 4.74 Å². The molecule has 0 fully saturated rings. The number of hydrogen-bond acceptors (Lipinski definition) is 2. The van der Waals surface area contributed by atoms with Crippen LogP contribution in [0.5, 0.6) is 0 Å². The molecular formula is C13H28ClNO. The van der Waals surface area contributed by atoms with E-state index >= 15 is 0 Å². The summed E-state index contributed by atoms with van der Waals surface area (Å²) in [6.07, 6.45) is 8.11. The lowest BCUT2D eigenvalue weighted by atomic mass is 10.1. The van der Waals surface area contributed by atoms with Gasteiger partial charge in [-0.25, -0.2) is 0 Å². The molecule has 0 spiro atoms. The summed E-state index contributed by atoms with van der Waals surface area (Å²) in [7, 11) is 3.83. The number of unbranched alkanes of at least 4 members (excludes halogenated alkanes) is 5. The van der Waals surface area contributed by atoms with Crippen LogP contribution in [0.25, 0.3) is 0 Å². The SMILES string of the molecule is CCCCCCCCN(C)CC(Cl)COC. The molecular weight excluding hydrogens is 222 g/mol. The maximum absolute atomic E-state index is 6.09. The van der Waals surface area contributed by atoms with E-state index in [1.165, 1.54) is 38.5 Å². The van der Waals surface area contributed by atoms with Gasteiger partial charge in [0.1, 0.15) is 0 Å². The van der Waals surface area contributed by atoms with Gasteiger partial charge in [0, 0.05) is 13.7 Å². The molecule has 16 heavy (non-hydrogen) atoms. The molecule has 0 amide bonds. The zero-order valence-electron chi connectivity index (χ0n) is 11.2. The monoisotopic (exact) mass is 249 g/mol. The number of alkyl halides is 1. The molecule has 0 saturated heterocycles. The van der Waals surface area contributed by atoms with Gasteiger partial charge in [-0.2, -0.15) is 0 Å². The van der Waals surface area contributed by atoms with Gasteiger partial charge in [-0.1, -0.05) is 39.0 Å². The third-order valence-electron chi connectivity index (χ3n) is 2.75. The molecule has 0 heterocycles. The average Bonchev–Trinajstić information content (AvgIpc) is 2.23. The standard InChI is InChI=1S/C13H28ClNO/c1-4-5-6-7-8-9-10-15(2)11-13(14)12-16-3/h13H,4-12H2,1-3H3. The highest BCUT2D eigenvalue weighted by Gasteiger charge is 2.07. The van der Waals surface area contributed by atoms with E-state index in [1.807, 2.05) is 0 Å². The normalized spacial score (nSPS) is 13.3. The van der Waals surface area contributed by atoms with Crippen LogP contribution in [0.1, 0.15) is 45.4 Å². The molecule has 0 radical (unpaired) electrons. The van der Waals surface area contributed by atoms with Crippen molar-refractivity contribution in [3.05, 3.63) is 0 Å². The number of halogens is 1. The predicted molar refractivity (Wildman–Crippen MR) is 72.4 cm³/mol. The van der Waals surface area contributed by atoms with Crippen molar-refractivity contribution >= 4 is 11.6 Å². The first-order chi connectivity index (χ1) is 7.70. The minimum atomic E-state index is 0.120. The van der Waals surface area contributed by atoms with Gasteiger partial charge in [0.25, 0.3) is 0 Å². The van der Waals surface area contributed by atoms with Crippen molar-refractivity contribution in [1.29, 1.82) is 0 Å². The maximum atomic E-state index is 6.09. The van der Waals surface area contributed by atoms with Crippen LogP contribution in [0, 0.1) is 0 Å². The molecule has 0 aliphatic carbocycles. The van der Waals surface area contributed by atoms with Crippen LogP contribution in [0.4, 0.5) is 0 Å². The Morgan fingerprint density at radius 3 is 2.38 bits per heavy atom. The molecule has 0 aromatic heterocycles. The fraction of sp³-hybridized carbons (Fsp3) is 1.00. The first-order valence-corrected chi connectivity index (χ1v) is 6.95. The number of nitrogens with zero attached hydrogens (tertiary/aromatic N) is 1. The van der Waals surface area contributed by atoms with Crippen molar-refractivity contribution in [2.24, 2.45) is 0 Å². The summed E-state index contributed by atoms with van der Waals surface area (Å²) < 4.78 is 5.02. The van der Waals surface area contributed by atoms with E-state index in [0.29, 0.717) is 6.61 Å². The summed E-state index contributed by atoms with van der Waals surface area (Å²) in [5.41, 5.74) is 0. The summed E-state index contributed by atoms with van der Waals surface area (Å²) in [6.45, 7) is 4.97. The number of hydrogen-bond donors (Lipinski definition) is 0. The van der Waals surface area contributed by atoms with Crippen LogP contribution >= 0.6 is 11.6 Å². The fourth-order valence-corrected chi connectivity index (χ4v) is 2.19. The van der Waals surface area contributed by atoms with E-state index in [9.17, 15) is 0 Å². The van der Waals surface area contributed by atoms with Gasteiger partial charge in [-0.3, -0.25) is 0 Å². The zero-order chi connectivity index (χ0) is 12.2. The summed E-state index contributed by atoms with van der Waals surface area (Å²) in [4.78, 5) is 2.30. The van der Waals surface area contributed by atoms with Gasteiger partial charge in [-0.15, -0.1) is 11.6 Å². The van der Waals surface area contributed by atoms with Crippen molar-refractivity contribution in [1.82, 2.24) is 4.90 Å². The Morgan fingerprint density at radius 1 is 1.12 bits per heavy atom. The summed E-state index contributed by atoms with van der Waals surface area (Å²) in [5.74, 6) is 0. The minimum absolute atomic E-state index is 0.120. The molecule has 0 rings (SSSR count). The van der Waals surface area contributed by atoms with E-state index in [4.69, 9.17) is 16.3 Å². The fourth-order valence-electron chi connectivity index (χ4n) is 1.83. The van der Waals surface area contributed by atoms with Gasteiger partial charge < -0.3 is 9.64 Å². The number of methoxy groups -OCH3 is 1. The second-order valence-corrected chi connectivity index (χ2v) is 5.20. The summed E-state index contributed by atoms with van der Waals surface area (Å²) in [5, 5.41) is 0.120. The van der Waals surface area contributed by atoms with Crippen molar-refractivity contribution in [2.75, 3.05) is 33.9 Å². The highest BCUT2D eigenvalue weighted by molar-refractivity contribution is 6.20. The highest BCUT2D eigenvalue weighted by Crippen LogP contribution is 2.06. The molecule has 2 nitrogen and oxygen atoms in total. The lowest BCUT2D eigenvalue weighted by Crippen LogP contribution is -2.29. The van der Waals surface area contributed by atoms with Crippen LogP contribution in [0.3, 0.4) is 0 Å². The third-order valence-corrected chi connectivity index (χ3v) is 3.01. The van der Waals surface area contributed by atoms with Gasteiger partial charge in [0.15, 0.2) is 0 Å². The molecule has 98 valence electrons. The Morgan fingerprint density at radius 2 is 1.75 bits per heavy atom. The molecule has 1 atom stereocenters. The zero-order valence-corrected chi connectivity index (χ0v) is 11.9. The molecule has 0 saturated carbocycles. The minimum Gasteiger partial charge on any atom is -0.383 e. The topological polar surface area (TPSA) is 12.5 Å². The second-order valence-electron chi connectivity index (χ2n) is 4.58. The van der Waals surface area contributed by atoms with Gasteiger partial charge in [0.05, 0.1) is 12.0 Å². The molecule has 1 unspecified atom stereocenters.